The van der Waals surface area contributed by atoms with Crippen LogP contribution in [0.1, 0.15) is 36.3 Å². The third-order valence-electron chi connectivity index (χ3n) is 7.08. The summed E-state index contributed by atoms with van der Waals surface area (Å²) in [7, 11) is 0. The minimum Gasteiger partial charge on any atom is -0.396 e. The summed E-state index contributed by atoms with van der Waals surface area (Å²) >= 11 is 1.36. The summed E-state index contributed by atoms with van der Waals surface area (Å²) in [5.74, 6) is -6.65. The highest BCUT2D eigenvalue weighted by molar-refractivity contribution is 7.21. The van der Waals surface area contributed by atoms with Crippen LogP contribution in [0.15, 0.2) is 18.3 Å². The van der Waals surface area contributed by atoms with Crippen molar-refractivity contribution >= 4 is 33.3 Å². The molecule has 4 aromatic rings. The molecule has 0 spiro atoms. The van der Waals surface area contributed by atoms with E-state index in [9.17, 15) is 32.9 Å². The van der Waals surface area contributed by atoms with Crippen molar-refractivity contribution in [1.29, 1.82) is 0 Å². The molecule has 0 saturated heterocycles. The lowest BCUT2D eigenvalue weighted by atomic mass is 10.1. The molecule has 0 amide bonds. The first kappa shape index (κ1) is 28.1. The smallest absolute Gasteiger partial charge is 0.225 e. The van der Waals surface area contributed by atoms with Crippen molar-refractivity contribution < 1.29 is 32.9 Å². The fourth-order valence-corrected chi connectivity index (χ4v) is 6.06. The third kappa shape index (κ3) is 4.96. The van der Waals surface area contributed by atoms with Gasteiger partial charge in [0.15, 0.2) is 23.3 Å². The maximum Gasteiger partial charge on any atom is 0.225 e. The highest BCUT2D eigenvalue weighted by Gasteiger charge is 2.41. The number of fused-ring (bicyclic) bond motifs is 1. The Hall–Kier alpha value is -3.46. The maximum atomic E-state index is 14.4. The lowest BCUT2D eigenvalue weighted by Crippen LogP contribution is -2.35. The third-order valence-corrected chi connectivity index (χ3v) is 8.11. The van der Waals surface area contributed by atoms with Gasteiger partial charge in [-0.2, -0.15) is 4.98 Å². The van der Waals surface area contributed by atoms with Gasteiger partial charge in [-0.3, -0.25) is 4.98 Å². The van der Waals surface area contributed by atoms with Gasteiger partial charge in [-0.15, -0.1) is 11.3 Å². The molecule has 1 aliphatic rings. The van der Waals surface area contributed by atoms with Crippen LogP contribution < -0.4 is 10.6 Å². The van der Waals surface area contributed by atoms with Gasteiger partial charge >= 0.3 is 0 Å². The van der Waals surface area contributed by atoms with Crippen molar-refractivity contribution in [3.63, 3.8) is 0 Å². The molecule has 5 unspecified atom stereocenters. The van der Waals surface area contributed by atoms with E-state index in [1.807, 2.05) is 13.0 Å². The molecule has 3 aromatic heterocycles. The number of aromatic nitrogens is 4. The van der Waals surface area contributed by atoms with E-state index in [1.54, 1.807) is 13.1 Å². The standard InChI is InChI=1S/C26H26F4N6O3S/c1-9(17-19(29)13(27)7-14(28)20(17)30)32-26-33-10(2)18(25-35-21-11(3)31-5-4-16(21)40-25)24(36-26)34-15-6-12(8-37)22(38)23(15)39/h4-5,7,9,12,15,22-23,37-39H,6,8H2,1-3H3,(H2,32,33,34,36). The average Bonchev–Trinajstić information content (AvgIpc) is 3.45. The lowest BCUT2D eigenvalue weighted by Gasteiger charge is -2.22. The van der Waals surface area contributed by atoms with Crippen molar-refractivity contribution in [3.05, 3.63) is 58.5 Å². The zero-order valence-corrected chi connectivity index (χ0v) is 22.4. The van der Waals surface area contributed by atoms with Crippen LogP contribution in [0.2, 0.25) is 0 Å². The molecule has 0 bridgehead atoms. The van der Waals surface area contributed by atoms with E-state index in [2.05, 4.69) is 25.6 Å². The van der Waals surface area contributed by atoms with E-state index in [4.69, 9.17) is 4.98 Å². The number of hydrogen-bond donors (Lipinski definition) is 5. The lowest BCUT2D eigenvalue weighted by molar-refractivity contribution is 0.00446. The minimum atomic E-state index is -1.54. The predicted octanol–water partition coefficient (Wildman–Crippen LogP) is 4.01. The minimum absolute atomic E-state index is 0.120. The molecule has 1 fully saturated rings. The van der Waals surface area contributed by atoms with Crippen LogP contribution in [-0.2, 0) is 0 Å². The van der Waals surface area contributed by atoms with Crippen molar-refractivity contribution in [1.82, 2.24) is 19.9 Å². The summed E-state index contributed by atoms with van der Waals surface area (Å²) in [6.07, 6.45) is -0.509. The largest absolute Gasteiger partial charge is 0.396 e. The summed E-state index contributed by atoms with van der Waals surface area (Å²) < 4.78 is 57.4. The fraction of sp³-hybridized carbons (Fsp3) is 0.385. The second kappa shape index (κ2) is 10.8. The highest BCUT2D eigenvalue weighted by atomic mass is 32.1. The SMILES string of the molecule is Cc1nc(NC(C)c2c(F)c(F)cc(F)c2F)nc(NC2CC(CO)C(O)C2O)c1-c1nc2c(C)nccc2s1. The molecule has 5 rings (SSSR count). The molecule has 1 saturated carbocycles. The molecule has 5 atom stereocenters. The number of aliphatic hydroxyl groups excluding tert-OH is 3. The summed E-state index contributed by atoms with van der Waals surface area (Å²) in [5, 5.41) is 36.9. The molecule has 212 valence electrons. The first-order chi connectivity index (χ1) is 19.0. The Morgan fingerprint density at radius 3 is 2.35 bits per heavy atom. The summed E-state index contributed by atoms with van der Waals surface area (Å²) in [5.41, 5.74) is 1.41. The number of benzene rings is 1. The zero-order chi connectivity index (χ0) is 28.9. The van der Waals surface area contributed by atoms with E-state index in [0.717, 1.165) is 4.70 Å². The normalized spacial score (nSPS) is 21.6. The maximum absolute atomic E-state index is 14.4. The van der Waals surface area contributed by atoms with E-state index in [-0.39, 0.29) is 30.9 Å². The Labute approximate surface area is 230 Å². The molecule has 5 N–H and O–H groups in total. The van der Waals surface area contributed by atoms with Gasteiger partial charge < -0.3 is 26.0 Å². The highest BCUT2D eigenvalue weighted by Crippen LogP contribution is 2.39. The topological polar surface area (TPSA) is 136 Å². The summed E-state index contributed by atoms with van der Waals surface area (Å²) in [6, 6.07) is -0.0454. The van der Waals surface area contributed by atoms with Gasteiger partial charge in [0.2, 0.25) is 5.95 Å². The second-order valence-electron chi connectivity index (χ2n) is 9.78. The molecule has 0 aliphatic heterocycles. The first-order valence-corrected chi connectivity index (χ1v) is 13.3. The number of pyridine rings is 1. The van der Waals surface area contributed by atoms with Crippen molar-refractivity contribution in [3.8, 4) is 10.6 Å². The summed E-state index contributed by atoms with van der Waals surface area (Å²) in [4.78, 5) is 17.9. The molecule has 0 radical (unpaired) electrons. The monoisotopic (exact) mass is 578 g/mol. The van der Waals surface area contributed by atoms with E-state index >= 15 is 0 Å². The van der Waals surface area contributed by atoms with E-state index in [0.29, 0.717) is 27.5 Å². The van der Waals surface area contributed by atoms with Gasteiger partial charge in [0, 0.05) is 24.8 Å². The van der Waals surface area contributed by atoms with Gasteiger partial charge in [-0.25, -0.2) is 27.5 Å². The first-order valence-electron chi connectivity index (χ1n) is 12.4. The Morgan fingerprint density at radius 2 is 1.73 bits per heavy atom. The van der Waals surface area contributed by atoms with Crippen molar-refractivity contribution in [2.45, 2.75) is 51.5 Å². The van der Waals surface area contributed by atoms with Gasteiger partial charge in [-0.05, 0) is 33.3 Å². The molecule has 3 heterocycles. The number of thiazole rings is 1. The van der Waals surface area contributed by atoms with Crippen LogP contribution in [0.4, 0.5) is 29.3 Å². The van der Waals surface area contributed by atoms with Crippen LogP contribution in [0, 0.1) is 43.0 Å². The van der Waals surface area contributed by atoms with Crippen LogP contribution >= 0.6 is 11.3 Å². The van der Waals surface area contributed by atoms with Crippen molar-refractivity contribution in [2.24, 2.45) is 5.92 Å². The fourth-order valence-electron chi connectivity index (χ4n) is 4.95. The Bertz CT molecular complexity index is 1560. The predicted molar refractivity (Wildman–Crippen MR) is 141 cm³/mol. The number of nitrogens with one attached hydrogen (secondary N) is 2. The Morgan fingerprint density at radius 1 is 1.02 bits per heavy atom. The van der Waals surface area contributed by atoms with Crippen LogP contribution in [0.5, 0.6) is 0 Å². The van der Waals surface area contributed by atoms with E-state index in [1.165, 1.54) is 18.3 Å². The number of nitrogens with zero attached hydrogens (tertiary/aromatic N) is 4. The summed E-state index contributed by atoms with van der Waals surface area (Å²) in [6.45, 7) is 4.45. The molecule has 14 heteroatoms. The Kier molecular flexibility index (Phi) is 7.61. The van der Waals surface area contributed by atoms with E-state index < -0.39 is 59.0 Å². The van der Waals surface area contributed by atoms with Crippen LogP contribution in [0.3, 0.4) is 0 Å². The molecule has 1 aromatic carbocycles. The van der Waals surface area contributed by atoms with Gasteiger partial charge in [-0.1, -0.05) is 0 Å². The molecule has 40 heavy (non-hydrogen) atoms. The van der Waals surface area contributed by atoms with Gasteiger partial charge in [0.1, 0.15) is 22.4 Å². The van der Waals surface area contributed by atoms with Gasteiger partial charge in [0.25, 0.3) is 0 Å². The molecular weight excluding hydrogens is 552 g/mol. The quantitative estimate of drug-likeness (QED) is 0.163. The van der Waals surface area contributed by atoms with Crippen LogP contribution in [0.25, 0.3) is 20.8 Å². The average molecular weight is 579 g/mol. The molecule has 1 aliphatic carbocycles. The number of aryl methyl sites for hydroxylation is 2. The number of anilines is 2. The second-order valence-corrected chi connectivity index (χ2v) is 10.8. The zero-order valence-electron chi connectivity index (χ0n) is 21.6. The van der Waals surface area contributed by atoms with Crippen LogP contribution in [-0.4, -0.2) is 60.1 Å². The van der Waals surface area contributed by atoms with Crippen molar-refractivity contribution in [2.75, 3.05) is 17.2 Å². The number of halogens is 4. The number of aliphatic hydroxyl groups is 3. The Balaban J connectivity index is 1.58. The molecular formula is C26H26F4N6O3S. The number of hydrogen-bond acceptors (Lipinski definition) is 10. The van der Waals surface area contributed by atoms with Gasteiger partial charge in [0.05, 0.1) is 45.4 Å². The number of rotatable bonds is 7. The molecule has 9 nitrogen and oxygen atoms in total.